The SMILES string of the molecule is Cc1cnc(CNCc2ccc(CNC(=O)Cc3ccccc3)cc2CO)c(C)c1. The summed E-state index contributed by atoms with van der Waals surface area (Å²) in [4.78, 5) is 16.6. The third-order valence-electron chi connectivity index (χ3n) is 5.07. The van der Waals surface area contributed by atoms with Gasteiger partial charge in [-0.15, -0.1) is 0 Å². The molecule has 0 aliphatic carbocycles. The predicted octanol–water partition coefficient (Wildman–Crippen LogP) is 3.34. The summed E-state index contributed by atoms with van der Waals surface area (Å²) in [7, 11) is 0. The second kappa shape index (κ2) is 10.7. The quantitative estimate of drug-likeness (QED) is 0.512. The minimum absolute atomic E-state index is 0.0153. The minimum Gasteiger partial charge on any atom is -0.392 e. The molecule has 0 radical (unpaired) electrons. The molecule has 3 aromatic rings. The Morgan fingerprint density at radius 3 is 2.47 bits per heavy atom. The van der Waals surface area contributed by atoms with Gasteiger partial charge in [0.25, 0.3) is 0 Å². The fraction of sp³-hybridized carbons (Fsp3) is 0.280. The van der Waals surface area contributed by atoms with Gasteiger partial charge >= 0.3 is 0 Å². The number of hydrogen-bond acceptors (Lipinski definition) is 4. The van der Waals surface area contributed by atoms with Gasteiger partial charge in [0, 0.05) is 25.8 Å². The molecule has 1 aromatic heterocycles. The summed E-state index contributed by atoms with van der Waals surface area (Å²) in [6, 6.07) is 17.8. The number of nitrogens with zero attached hydrogens (tertiary/aromatic N) is 1. The molecule has 156 valence electrons. The molecular formula is C25H29N3O2. The topological polar surface area (TPSA) is 74.2 Å². The molecule has 0 aliphatic rings. The fourth-order valence-electron chi connectivity index (χ4n) is 3.40. The van der Waals surface area contributed by atoms with Crippen molar-refractivity contribution >= 4 is 5.91 Å². The highest BCUT2D eigenvalue weighted by atomic mass is 16.3. The second-order valence-electron chi connectivity index (χ2n) is 7.58. The van der Waals surface area contributed by atoms with E-state index in [-0.39, 0.29) is 12.5 Å². The molecule has 0 saturated carbocycles. The smallest absolute Gasteiger partial charge is 0.224 e. The molecule has 0 fully saturated rings. The first-order valence-corrected chi connectivity index (χ1v) is 10.2. The van der Waals surface area contributed by atoms with E-state index in [1.54, 1.807) is 0 Å². The summed E-state index contributed by atoms with van der Waals surface area (Å²) in [5.41, 5.74) is 7.24. The third-order valence-corrected chi connectivity index (χ3v) is 5.07. The highest BCUT2D eigenvalue weighted by molar-refractivity contribution is 5.78. The van der Waals surface area contributed by atoms with Crippen molar-refractivity contribution in [1.82, 2.24) is 15.6 Å². The van der Waals surface area contributed by atoms with Crippen molar-refractivity contribution in [2.45, 2.75) is 46.5 Å². The molecule has 5 nitrogen and oxygen atoms in total. The molecule has 2 aromatic carbocycles. The Kier molecular flexibility index (Phi) is 7.71. The minimum atomic E-state index is -0.0371. The standard InChI is InChI=1S/C25H29N3O2/c1-18-10-19(2)24(27-13-18)16-26-15-22-9-8-21(11-23(22)17-29)14-28-25(30)12-20-6-4-3-5-7-20/h3-11,13,26,29H,12,14-17H2,1-2H3,(H,28,30). The summed E-state index contributed by atoms with van der Waals surface area (Å²) in [6.07, 6.45) is 2.24. The van der Waals surface area contributed by atoms with E-state index in [4.69, 9.17) is 0 Å². The van der Waals surface area contributed by atoms with E-state index in [1.165, 1.54) is 5.56 Å². The van der Waals surface area contributed by atoms with Gasteiger partial charge in [-0.25, -0.2) is 0 Å². The Morgan fingerprint density at radius 2 is 1.73 bits per heavy atom. The van der Waals surface area contributed by atoms with Gasteiger partial charge in [-0.05, 0) is 47.2 Å². The van der Waals surface area contributed by atoms with Crippen LogP contribution in [0, 0.1) is 13.8 Å². The lowest BCUT2D eigenvalue weighted by Crippen LogP contribution is -2.24. The number of benzene rings is 2. The molecule has 0 spiro atoms. The maximum Gasteiger partial charge on any atom is 0.224 e. The zero-order valence-electron chi connectivity index (χ0n) is 17.6. The van der Waals surface area contributed by atoms with E-state index in [2.05, 4.69) is 28.6 Å². The number of rotatable bonds is 9. The molecule has 3 rings (SSSR count). The Balaban J connectivity index is 1.53. The van der Waals surface area contributed by atoms with E-state index < -0.39 is 0 Å². The number of carbonyl (C=O) groups is 1. The molecule has 1 heterocycles. The van der Waals surface area contributed by atoms with Crippen molar-refractivity contribution in [2.24, 2.45) is 0 Å². The van der Waals surface area contributed by atoms with Gasteiger partial charge in [-0.3, -0.25) is 9.78 Å². The van der Waals surface area contributed by atoms with Crippen molar-refractivity contribution in [3.8, 4) is 0 Å². The Hall–Kier alpha value is -3.02. The van der Waals surface area contributed by atoms with Gasteiger partial charge in [-0.1, -0.05) is 54.6 Å². The van der Waals surface area contributed by atoms with Crippen LogP contribution in [-0.4, -0.2) is 16.0 Å². The summed E-state index contributed by atoms with van der Waals surface area (Å²) in [6.45, 7) is 5.83. The molecule has 3 N–H and O–H groups in total. The number of aryl methyl sites for hydroxylation is 2. The number of nitrogens with one attached hydrogen (secondary N) is 2. The highest BCUT2D eigenvalue weighted by Crippen LogP contribution is 2.14. The van der Waals surface area contributed by atoms with Crippen LogP contribution in [0.1, 0.15) is 39.1 Å². The van der Waals surface area contributed by atoms with Crippen LogP contribution in [0.3, 0.4) is 0 Å². The van der Waals surface area contributed by atoms with Crippen LogP contribution >= 0.6 is 0 Å². The van der Waals surface area contributed by atoms with E-state index in [0.717, 1.165) is 33.5 Å². The van der Waals surface area contributed by atoms with E-state index in [0.29, 0.717) is 26.1 Å². The largest absolute Gasteiger partial charge is 0.392 e. The molecule has 0 saturated heterocycles. The average molecular weight is 404 g/mol. The van der Waals surface area contributed by atoms with Crippen molar-refractivity contribution in [1.29, 1.82) is 0 Å². The molecule has 0 atom stereocenters. The summed E-state index contributed by atoms with van der Waals surface area (Å²) < 4.78 is 0. The van der Waals surface area contributed by atoms with Crippen molar-refractivity contribution in [2.75, 3.05) is 0 Å². The van der Waals surface area contributed by atoms with Gasteiger partial charge < -0.3 is 15.7 Å². The van der Waals surface area contributed by atoms with Crippen LogP contribution in [0.25, 0.3) is 0 Å². The molecule has 0 bridgehead atoms. The van der Waals surface area contributed by atoms with Crippen molar-refractivity contribution in [3.05, 3.63) is 99.9 Å². The zero-order chi connectivity index (χ0) is 21.3. The van der Waals surface area contributed by atoms with Crippen LogP contribution in [0.15, 0.2) is 60.8 Å². The lowest BCUT2D eigenvalue weighted by Gasteiger charge is -2.13. The molecule has 30 heavy (non-hydrogen) atoms. The average Bonchev–Trinajstić information content (AvgIpc) is 2.75. The van der Waals surface area contributed by atoms with E-state index in [9.17, 15) is 9.90 Å². The fourth-order valence-corrected chi connectivity index (χ4v) is 3.40. The van der Waals surface area contributed by atoms with Gasteiger partial charge in [0.05, 0.1) is 18.7 Å². The van der Waals surface area contributed by atoms with Gasteiger partial charge in [0.15, 0.2) is 0 Å². The highest BCUT2D eigenvalue weighted by Gasteiger charge is 2.07. The van der Waals surface area contributed by atoms with Crippen LogP contribution in [0.2, 0.25) is 0 Å². The first-order valence-electron chi connectivity index (χ1n) is 10.2. The number of aliphatic hydroxyl groups is 1. The van der Waals surface area contributed by atoms with Crippen LogP contribution in [0.4, 0.5) is 0 Å². The molecule has 0 unspecified atom stereocenters. The van der Waals surface area contributed by atoms with E-state index >= 15 is 0 Å². The first-order chi connectivity index (χ1) is 14.5. The number of aromatic nitrogens is 1. The number of pyridine rings is 1. The summed E-state index contributed by atoms with van der Waals surface area (Å²) in [5, 5.41) is 16.1. The number of amides is 1. The zero-order valence-corrected chi connectivity index (χ0v) is 17.6. The molecular weight excluding hydrogens is 374 g/mol. The molecule has 5 heteroatoms. The third kappa shape index (κ3) is 6.24. The van der Waals surface area contributed by atoms with Crippen molar-refractivity contribution in [3.63, 3.8) is 0 Å². The lowest BCUT2D eigenvalue weighted by molar-refractivity contribution is -0.120. The first kappa shape index (κ1) is 21.7. The molecule has 0 aliphatic heterocycles. The van der Waals surface area contributed by atoms with Crippen LogP contribution in [0.5, 0.6) is 0 Å². The van der Waals surface area contributed by atoms with Gasteiger partial charge in [-0.2, -0.15) is 0 Å². The Labute approximate surface area is 178 Å². The van der Waals surface area contributed by atoms with Crippen LogP contribution in [-0.2, 0) is 37.5 Å². The lowest BCUT2D eigenvalue weighted by atomic mass is 10.0. The summed E-state index contributed by atoms with van der Waals surface area (Å²) in [5.74, 6) is -0.0153. The predicted molar refractivity (Wildman–Crippen MR) is 119 cm³/mol. The number of aliphatic hydroxyl groups excluding tert-OH is 1. The summed E-state index contributed by atoms with van der Waals surface area (Å²) >= 11 is 0. The normalized spacial score (nSPS) is 10.8. The van der Waals surface area contributed by atoms with Crippen molar-refractivity contribution < 1.29 is 9.90 Å². The number of hydrogen-bond donors (Lipinski definition) is 3. The second-order valence-corrected chi connectivity index (χ2v) is 7.58. The monoisotopic (exact) mass is 403 g/mol. The van der Waals surface area contributed by atoms with E-state index in [1.807, 2.05) is 61.7 Å². The maximum absolute atomic E-state index is 12.2. The van der Waals surface area contributed by atoms with Gasteiger partial charge in [0.2, 0.25) is 5.91 Å². The Morgan fingerprint density at radius 1 is 0.933 bits per heavy atom. The van der Waals surface area contributed by atoms with Crippen LogP contribution < -0.4 is 10.6 Å². The molecule has 1 amide bonds. The van der Waals surface area contributed by atoms with Gasteiger partial charge in [0.1, 0.15) is 0 Å². The number of carbonyl (C=O) groups excluding carboxylic acids is 1. The Bertz CT molecular complexity index is 987. The maximum atomic E-state index is 12.2.